The van der Waals surface area contributed by atoms with Crippen LogP contribution in [0.4, 0.5) is 5.95 Å². The van der Waals surface area contributed by atoms with E-state index in [-0.39, 0.29) is 0 Å². The lowest BCUT2D eigenvalue weighted by molar-refractivity contribution is 0.0479. The van der Waals surface area contributed by atoms with Crippen molar-refractivity contribution in [3.8, 4) is 5.88 Å². The van der Waals surface area contributed by atoms with Crippen LogP contribution >= 0.6 is 15.9 Å². The van der Waals surface area contributed by atoms with Gasteiger partial charge in [-0.3, -0.25) is 0 Å². The number of anilines is 1. The lowest BCUT2D eigenvalue weighted by Crippen LogP contribution is -2.38. The fourth-order valence-electron chi connectivity index (χ4n) is 2.38. The van der Waals surface area contributed by atoms with Gasteiger partial charge in [-0.15, -0.1) is 0 Å². The molecule has 0 saturated carbocycles. The van der Waals surface area contributed by atoms with Crippen molar-refractivity contribution in [1.29, 1.82) is 0 Å². The molecular formula is C15H24BrN3O2. The van der Waals surface area contributed by atoms with Gasteiger partial charge in [0.2, 0.25) is 11.8 Å². The Kier molecular flexibility index (Phi) is 6.70. The fraction of sp³-hybridized carbons (Fsp3) is 0.733. The van der Waals surface area contributed by atoms with Crippen LogP contribution in [0.3, 0.4) is 0 Å². The Bertz CT molecular complexity index is 437. The number of aryl methyl sites for hydroxylation is 1. The highest BCUT2D eigenvalue weighted by atomic mass is 79.9. The predicted molar refractivity (Wildman–Crippen MR) is 87.5 cm³/mol. The molecule has 0 unspecified atom stereocenters. The van der Waals surface area contributed by atoms with E-state index in [0.717, 1.165) is 55.9 Å². The van der Waals surface area contributed by atoms with Crippen LogP contribution in [0.2, 0.25) is 0 Å². The van der Waals surface area contributed by atoms with Gasteiger partial charge in [0.1, 0.15) is 0 Å². The topological polar surface area (TPSA) is 47.5 Å². The number of piperidine rings is 1. The molecule has 2 heterocycles. The first-order valence-corrected chi connectivity index (χ1v) is 8.76. The van der Waals surface area contributed by atoms with Crippen LogP contribution in [0, 0.1) is 6.92 Å². The Morgan fingerprint density at radius 1 is 1.29 bits per heavy atom. The summed E-state index contributed by atoms with van der Waals surface area (Å²) in [5.41, 5.74) is 0.948. The quantitative estimate of drug-likeness (QED) is 0.702. The molecule has 0 atom stereocenters. The molecule has 0 bridgehead atoms. The molecule has 0 radical (unpaired) electrons. The van der Waals surface area contributed by atoms with E-state index in [2.05, 4.69) is 37.7 Å². The van der Waals surface area contributed by atoms with Gasteiger partial charge in [-0.25, -0.2) is 4.98 Å². The minimum Gasteiger partial charge on any atom is -0.478 e. The molecule has 0 N–H and O–H groups in total. The standard InChI is InChI=1S/C15H24BrN3O2/c1-3-9-21-14-11-12(2)17-15(18-14)19-7-4-13(5-8-19)20-10-6-16/h11,13H,3-10H2,1-2H3. The molecular weight excluding hydrogens is 334 g/mol. The van der Waals surface area contributed by atoms with Crippen LogP contribution in [0.15, 0.2) is 6.07 Å². The van der Waals surface area contributed by atoms with Crippen LogP contribution in [0.25, 0.3) is 0 Å². The molecule has 118 valence electrons. The second-order valence-electron chi connectivity index (χ2n) is 5.24. The van der Waals surface area contributed by atoms with E-state index in [9.17, 15) is 0 Å². The highest BCUT2D eigenvalue weighted by Gasteiger charge is 2.22. The van der Waals surface area contributed by atoms with Crippen molar-refractivity contribution in [2.75, 3.05) is 36.5 Å². The van der Waals surface area contributed by atoms with Crippen LogP contribution in [0.5, 0.6) is 5.88 Å². The third-order valence-corrected chi connectivity index (χ3v) is 3.75. The van der Waals surface area contributed by atoms with Crippen molar-refractivity contribution < 1.29 is 9.47 Å². The average molecular weight is 358 g/mol. The molecule has 0 aliphatic carbocycles. The number of aromatic nitrogens is 2. The fourth-order valence-corrected chi connectivity index (χ4v) is 2.57. The first-order valence-electron chi connectivity index (χ1n) is 7.64. The lowest BCUT2D eigenvalue weighted by atomic mass is 10.1. The van der Waals surface area contributed by atoms with Gasteiger partial charge in [-0.05, 0) is 26.2 Å². The number of rotatable bonds is 7. The predicted octanol–water partition coefficient (Wildman–Crippen LogP) is 2.95. The maximum absolute atomic E-state index is 5.78. The molecule has 1 aromatic rings. The third kappa shape index (κ3) is 5.11. The van der Waals surface area contributed by atoms with Gasteiger partial charge in [0.15, 0.2) is 0 Å². The zero-order valence-electron chi connectivity index (χ0n) is 12.8. The Balaban J connectivity index is 1.94. The highest BCUT2D eigenvalue weighted by Crippen LogP contribution is 2.21. The SMILES string of the molecule is CCCOc1cc(C)nc(N2CCC(OCCBr)CC2)n1. The largest absolute Gasteiger partial charge is 0.478 e. The molecule has 1 aliphatic heterocycles. The molecule has 5 nitrogen and oxygen atoms in total. The molecule has 1 aromatic heterocycles. The molecule has 1 saturated heterocycles. The van der Waals surface area contributed by atoms with Crippen molar-refractivity contribution >= 4 is 21.9 Å². The van der Waals surface area contributed by atoms with E-state index in [1.54, 1.807) is 0 Å². The van der Waals surface area contributed by atoms with E-state index in [4.69, 9.17) is 9.47 Å². The van der Waals surface area contributed by atoms with Gasteiger partial charge in [-0.2, -0.15) is 4.98 Å². The lowest BCUT2D eigenvalue weighted by Gasteiger charge is -2.32. The molecule has 0 aromatic carbocycles. The Labute approximate surface area is 135 Å². The van der Waals surface area contributed by atoms with Crippen molar-refractivity contribution in [3.05, 3.63) is 11.8 Å². The molecule has 0 amide bonds. The Morgan fingerprint density at radius 2 is 2.05 bits per heavy atom. The molecule has 1 aliphatic rings. The summed E-state index contributed by atoms with van der Waals surface area (Å²) in [4.78, 5) is 11.3. The summed E-state index contributed by atoms with van der Waals surface area (Å²) in [6.45, 7) is 7.41. The molecule has 0 spiro atoms. The highest BCUT2D eigenvalue weighted by molar-refractivity contribution is 9.09. The summed E-state index contributed by atoms with van der Waals surface area (Å²) < 4.78 is 11.4. The van der Waals surface area contributed by atoms with Crippen molar-refractivity contribution in [2.24, 2.45) is 0 Å². The average Bonchev–Trinajstić information content (AvgIpc) is 2.51. The van der Waals surface area contributed by atoms with E-state index in [1.807, 2.05) is 13.0 Å². The Hall–Kier alpha value is -0.880. The Morgan fingerprint density at radius 3 is 2.71 bits per heavy atom. The van der Waals surface area contributed by atoms with Crippen molar-refractivity contribution in [3.63, 3.8) is 0 Å². The number of halogens is 1. The van der Waals surface area contributed by atoms with Gasteiger partial charge < -0.3 is 14.4 Å². The summed E-state index contributed by atoms with van der Waals surface area (Å²) in [7, 11) is 0. The zero-order chi connectivity index (χ0) is 15.1. The minimum atomic E-state index is 0.361. The summed E-state index contributed by atoms with van der Waals surface area (Å²) in [5.74, 6) is 1.46. The summed E-state index contributed by atoms with van der Waals surface area (Å²) >= 11 is 3.39. The molecule has 6 heteroatoms. The van der Waals surface area contributed by atoms with E-state index in [0.29, 0.717) is 18.6 Å². The third-order valence-electron chi connectivity index (χ3n) is 3.43. The number of hydrogen-bond donors (Lipinski definition) is 0. The van der Waals surface area contributed by atoms with Gasteiger partial charge >= 0.3 is 0 Å². The van der Waals surface area contributed by atoms with E-state index in [1.165, 1.54) is 0 Å². The number of nitrogens with zero attached hydrogens (tertiary/aromatic N) is 3. The first-order chi connectivity index (χ1) is 10.2. The van der Waals surface area contributed by atoms with Gasteiger partial charge in [-0.1, -0.05) is 22.9 Å². The second-order valence-corrected chi connectivity index (χ2v) is 6.04. The molecule has 1 fully saturated rings. The zero-order valence-corrected chi connectivity index (χ0v) is 14.4. The maximum Gasteiger partial charge on any atom is 0.228 e. The van der Waals surface area contributed by atoms with Gasteiger partial charge in [0.05, 0.1) is 19.3 Å². The van der Waals surface area contributed by atoms with Crippen molar-refractivity contribution in [2.45, 2.75) is 39.2 Å². The normalized spacial score (nSPS) is 16.2. The second kappa shape index (κ2) is 8.54. The summed E-state index contributed by atoms with van der Waals surface area (Å²) in [6.07, 6.45) is 3.39. The summed E-state index contributed by atoms with van der Waals surface area (Å²) in [5, 5.41) is 0.895. The number of alkyl halides is 1. The van der Waals surface area contributed by atoms with Crippen LogP contribution in [-0.2, 0) is 4.74 Å². The maximum atomic E-state index is 5.78. The first kappa shape index (κ1) is 16.5. The van der Waals surface area contributed by atoms with Gasteiger partial charge in [0.25, 0.3) is 0 Å². The molecule has 21 heavy (non-hydrogen) atoms. The smallest absolute Gasteiger partial charge is 0.228 e. The van der Waals surface area contributed by atoms with Crippen LogP contribution in [-0.4, -0.2) is 47.7 Å². The number of hydrogen-bond acceptors (Lipinski definition) is 5. The minimum absolute atomic E-state index is 0.361. The van der Waals surface area contributed by atoms with Crippen LogP contribution in [0.1, 0.15) is 31.9 Å². The number of ether oxygens (including phenoxy) is 2. The van der Waals surface area contributed by atoms with Crippen LogP contribution < -0.4 is 9.64 Å². The monoisotopic (exact) mass is 357 g/mol. The molecule has 2 rings (SSSR count). The summed E-state index contributed by atoms with van der Waals surface area (Å²) in [6, 6.07) is 1.89. The van der Waals surface area contributed by atoms with Crippen molar-refractivity contribution in [1.82, 2.24) is 9.97 Å². The van der Waals surface area contributed by atoms with E-state index >= 15 is 0 Å². The van der Waals surface area contributed by atoms with E-state index < -0.39 is 0 Å². The van der Waals surface area contributed by atoms with Gasteiger partial charge in [0, 0.05) is 30.2 Å².